The number of hydrogen-bond donors (Lipinski definition) is 0. The molecule has 0 bridgehead atoms. The van der Waals surface area contributed by atoms with Gasteiger partial charge >= 0.3 is 5.97 Å². The quantitative estimate of drug-likeness (QED) is 0.440. The van der Waals surface area contributed by atoms with Crippen molar-refractivity contribution in [3.05, 3.63) is 42.5 Å². The van der Waals surface area contributed by atoms with Gasteiger partial charge in [-0.3, -0.25) is 0 Å². The number of benzene rings is 1. The van der Waals surface area contributed by atoms with E-state index >= 15 is 0 Å². The summed E-state index contributed by atoms with van der Waals surface area (Å²) in [4.78, 5) is 11.3. The Labute approximate surface area is 106 Å². The van der Waals surface area contributed by atoms with Crippen LogP contribution in [-0.4, -0.2) is 26.8 Å². The van der Waals surface area contributed by atoms with Crippen LogP contribution < -0.4 is 9.47 Å². The predicted octanol–water partition coefficient (Wildman–Crippen LogP) is 2.45. The summed E-state index contributed by atoms with van der Waals surface area (Å²) in [5.74, 6) is 0.756. The van der Waals surface area contributed by atoms with Gasteiger partial charge in [0.1, 0.15) is 6.61 Å². The Morgan fingerprint density at radius 3 is 2.72 bits per heavy atom. The van der Waals surface area contributed by atoms with Gasteiger partial charge in [-0.15, -0.1) is 0 Å². The van der Waals surface area contributed by atoms with Crippen LogP contribution in [0.2, 0.25) is 0 Å². The first-order valence-corrected chi connectivity index (χ1v) is 5.39. The second-order valence-electron chi connectivity index (χ2n) is 3.33. The molecule has 0 saturated heterocycles. The Morgan fingerprint density at radius 1 is 1.33 bits per heavy atom. The molecule has 0 saturated carbocycles. The van der Waals surface area contributed by atoms with Crippen LogP contribution in [0.3, 0.4) is 0 Å². The van der Waals surface area contributed by atoms with E-state index in [9.17, 15) is 4.79 Å². The number of hydrogen-bond acceptors (Lipinski definition) is 4. The summed E-state index contributed by atoms with van der Waals surface area (Å²) in [7, 11) is 3.11. The van der Waals surface area contributed by atoms with Gasteiger partial charge in [0, 0.05) is 11.6 Å². The molecule has 0 aromatic heterocycles. The fourth-order valence-electron chi connectivity index (χ4n) is 1.39. The highest BCUT2D eigenvalue weighted by molar-refractivity contribution is 5.87. The molecule has 0 aliphatic heterocycles. The van der Waals surface area contributed by atoms with E-state index in [1.807, 2.05) is 12.1 Å². The smallest absolute Gasteiger partial charge is 0.331 e. The molecule has 0 spiro atoms. The van der Waals surface area contributed by atoms with Gasteiger partial charge in [-0.05, 0) is 12.1 Å². The van der Waals surface area contributed by atoms with Gasteiger partial charge in [0.25, 0.3) is 0 Å². The van der Waals surface area contributed by atoms with Crippen molar-refractivity contribution in [2.24, 2.45) is 0 Å². The first-order valence-electron chi connectivity index (χ1n) is 5.39. The second-order valence-corrected chi connectivity index (χ2v) is 3.33. The molecule has 0 amide bonds. The Kier molecular flexibility index (Phi) is 5.51. The van der Waals surface area contributed by atoms with Gasteiger partial charge < -0.3 is 14.2 Å². The Hall–Kier alpha value is -2.23. The highest BCUT2D eigenvalue weighted by Gasteiger charge is 2.07. The van der Waals surface area contributed by atoms with Crippen LogP contribution in [-0.2, 0) is 9.53 Å². The summed E-state index contributed by atoms with van der Waals surface area (Å²) >= 11 is 0. The summed E-state index contributed by atoms with van der Waals surface area (Å²) in [6.07, 6.45) is 4.46. The molecular weight excluding hydrogens is 232 g/mol. The van der Waals surface area contributed by atoms with Crippen LogP contribution in [0.25, 0.3) is 6.08 Å². The summed E-state index contributed by atoms with van der Waals surface area (Å²) in [6, 6.07) is 5.42. The fourth-order valence-corrected chi connectivity index (χ4v) is 1.39. The molecule has 0 atom stereocenters. The fraction of sp³-hybridized carbons (Fsp3) is 0.214. The number of methoxy groups -OCH3 is 2. The molecule has 1 rings (SSSR count). The molecule has 96 valence electrons. The number of carbonyl (C=O) groups is 1. The number of ether oxygens (including phenoxy) is 3. The molecule has 0 unspecified atom stereocenters. The van der Waals surface area contributed by atoms with Crippen molar-refractivity contribution in [3.63, 3.8) is 0 Å². The minimum atomic E-state index is -0.431. The molecule has 0 radical (unpaired) electrons. The van der Waals surface area contributed by atoms with E-state index < -0.39 is 5.97 Å². The van der Waals surface area contributed by atoms with Crippen molar-refractivity contribution >= 4 is 12.0 Å². The van der Waals surface area contributed by atoms with E-state index in [1.165, 1.54) is 12.2 Å². The van der Waals surface area contributed by atoms with Crippen molar-refractivity contribution in [1.29, 1.82) is 0 Å². The number of carbonyl (C=O) groups excluding carboxylic acids is 1. The SMILES string of the molecule is C=CCOC(=O)/C=C/c1cccc(OC)c1OC. The van der Waals surface area contributed by atoms with E-state index in [0.717, 1.165) is 5.56 Å². The third-order valence-corrected chi connectivity index (χ3v) is 2.18. The van der Waals surface area contributed by atoms with E-state index in [-0.39, 0.29) is 6.61 Å². The minimum absolute atomic E-state index is 0.193. The van der Waals surface area contributed by atoms with E-state index in [1.54, 1.807) is 26.4 Å². The zero-order valence-electron chi connectivity index (χ0n) is 10.5. The minimum Gasteiger partial charge on any atom is -0.493 e. The molecular formula is C14H16O4. The average Bonchev–Trinajstić information content (AvgIpc) is 2.41. The van der Waals surface area contributed by atoms with Crippen LogP contribution in [0.15, 0.2) is 36.9 Å². The lowest BCUT2D eigenvalue weighted by molar-refractivity contribution is -0.136. The zero-order chi connectivity index (χ0) is 13.4. The van der Waals surface area contributed by atoms with Gasteiger partial charge in [-0.25, -0.2) is 4.79 Å². The van der Waals surface area contributed by atoms with Gasteiger partial charge in [0.2, 0.25) is 0 Å². The molecule has 0 N–H and O–H groups in total. The number of para-hydroxylation sites is 1. The maximum Gasteiger partial charge on any atom is 0.331 e. The molecule has 4 heteroatoms. The molecule has 0 fully saturated rings. The van der Waals surface area contributed by atoms with Crippen LogP contribution in [0.4, 0.5) is 0 Å². The van der Waals surface area contributed by atoms with Crippen molar-refractivity contribution in [2.75, 3.05) is 20.8 Å². The van der Waals surface area contributed by atoms with Gasteiger partial charge in [-0.2, -0.15) is 0 Å². The Morgan fingerprint density at radius 2 is 2.11 bits per heavy atom. The number of rotatable bonds is 6. The van der Waals surface area contributed by atoms with Crippen LogP contribution in [0, 0.1) is 0 Å². The lowest BCUT2D eigenvalue weighted by Gasteiger charge is -2.09. The van der Waals surface area contributed by atoms with Gasteiger partial charge in [0.15, 0.2) is 11.5 Å². The van der Waals surface area contributed by atoms with Crippen molar-refractivity contribution in [1.82, 2.24) is 0 Å². The highest BCUT2D eigenvalue weighted by atomic mass is 16.5. The molecule has 1 aromatic rings. The van der Waals surface area contributed by atoms with Crippen molar-refractivity contribution in [2.45, 2.75) is 0 Å². The summed E-state index contributed by atoms with van der Waals surface area (Å²) in [6.45, 7) is 3.66. The van der Waals surface area contributed by atoms with Gasteiger partial charge in [0.05, 0.1) is 14.2 Å². The average molecular weight is 248 g/mol. The molecule has 1 aromatic carbocycles. The normalized spacial score (nSPS) is 10.1. The van der Waals surface area contributed by atoms with Crippen LogP contribution in [0.5, 0.6) is 11.5 Å². The van der Waals surface area contributed by atoms with E-state index in [2.05, 4.69) is 6.58 Å². The predicted molar refractivity (Wildman–Crippen MR) is 69.7 cm³/mol. The molecule has 0 heterocycles. The highest BCUT2D eigenvalue weighted by Crippen LogP contribution is 2.31. The Bertz CT molecular complexity index is 449. The summed E-state index contributed by atoms with van der Waals surface area (Å²) in [5.41, 5.74) is 0.743. The molecule has 0 aliphatic carbocycles. The zero-order valence-corrected chi connectivity index (χ0v) is 10.5. The third-order valence-electron chi connectivity index (χ3n) is 2.18. The van der Waals surface area contributed by atoms with E-state index in [4.69, 9.17) is 14.2 Å². The standard InChI is InChI=1S/C14H16O4/c1-4-10-18-13(15)9-8-11-6-5-7-12(16-2)14(11)17-3/h4-9H,1,10H2,2-3H3/b9-8+. The Balaban J connectivity index is 2.86. The number of esters is 1. The lowest BCUT2D eigenvalue weighted by atomic mass is 10.1. The topological polar surface area (TPSA) is 44.8 Å². The lowest BCUT2D eigenvalue weighted by Crippen LogP contribution is -1.99. The van der Waals surface area contributed by atoms with Crippen LogP contribution >= 0.6 is 0 Å². The van der Waals surface area contributed by atoms with Crippen molar-refractivity contribution < 1.29 is 19.0 Å². The summed E-state index contributed by atoms with van der Waals surface area (Å²) in [5, 5.41) is 0. The monoisotopic (exact) mass is 248 g/mol. The first kappa shape index (κ1) is 13.8. The summed E-state index contributed by atoms with van der Waals surface area (Å²) < 4.78 is 15.2. The van der Waals surface area contributed by atoms with Crippen molar-refractivity contribution in [3.8, 4) is 11.5 Å². The molecule has 18 heavy (non-hydrogen) atoms. The largest absolute Gasteiger partial charge is 0.493 e. The van der Waals surface area contributed by atoms with E-state index in [0.29, 0.717) is 11.5 Å². The third kappa shape index (κ3) is 3.66. The van der Waals surface area contributed by atoms with Gasteiger partial charge in [-0.1, -0.05) is 24.8 Å². The first-order chi connectivity index (χ1) is 8.72. The maximum atomic E-state index is 11.3. The van der Waals surface area contributed by atoms with Crippen LogP contribution in [0.1, 0.15) is 5.56 Å². The second kappa shape index (κ2) is 7.17. The maximum absolute atomic E-state index is 11.3. The molecule has 0 aliphatic rings. The molecule has 4 nitrogen and oxygen atoms in total.